The Hall–Kier alpha value is -3.48. The van der Waals surface area contributed by atoms with E-state index in [0.717, 1.165) is 11.6 Å². The molecule has 27 heavy (non-hydrogen) atoms. The van der Waals surface area contributed by atoms with Gasteiger partial charge in [-0.15, -0.1) is 0 Å². The third-order valence-corrected chi connectivity index (χ3v) is 3.72. The van der Waals surface area contributed by atoms with E-state index in [1.54, 1.807) is 12.1 Å². The van der Waals surface area contributed by atoms with Crippen LogP contribution in [-0.2, 0) is 14.3 Å². The number of carbonyl (C=O) groups is 2. The van der Waals surface area contributed by atoms with Crippen molar-refractivity contribution in [1.82, 2.24) is 0 Å². The molecule has 0 saturated heterocycles. The monoisotopic (exact) mass is 368 g/mol. The summed E-state index contributed by atoms with van der Waals surface area (Å²) in [5, 5.41) is 13.2. The first-order valence-electron chi connectivity index (χ1n) is 8.34. The number of hydrogen-bond acceptors (Lipinski definition) is 5. The maximum Gasteiger partial charge on any atom is 0.331 e. The second kappa shape index (κ2) is 9.28. The van der Waals surface area contributed by atoms with E-state index in [0.29, 0.717) is 17.2 Å². The summed E-state index contributed by atoms with van der Waals surface area (Å²) in [6.07, 6.45) is 2.61. The highest BCUT2D eigenvalue weighted by Crippen LogP contribution is 2.17. The van der Waals surface area contributed by atoms with Gasteiger partial charge in [-0.2, -0.15) is 0 Å². The fourth-order valence-corrected chi connectivity index (χ4v) is 2.20. The van der Waals surface area contributed by atoms with Gasteiger partial charge in [0.1, 0.15) is 0 Å². The molecule has 0 radical (unpaired) electrons. The number of hydrogen-bond donors (Lipinski definition) is 1. The second-order valence-corrected chi connectivity index (χ2v) is 6.11. The molecule has 2 aromatic carbocycles. The van der Waals surface area contributed by atoms with Crippen LogP contribution in [0, 0.1) is 10.1 Å². The standard InChI is InChI=1S/C20H20N2O5/c1-14(2)16-6-8-17(9-7-16)21-19(23)13-27-20(24)12-5-15-3-10-18(11-4-15)22(25)26/h3-12,14H,13H2,1-2H3,(H,21,23)/b12-5+. The molecular weight excluding hydrogens is 348 g/mol. The Morgan fingerprint density at radius 3 is 2.30 bits per heavy atom. The van der Waals surface area contributed by atoms with E-state index in [4.69, 9.17) is 4.74 Å². The predicted octanol–water partition coefficient (Wildman–Crippen LogP) is 3.91. The number of nitrogens with zero attached hydrogens (tertiary/aromatic N) is 1. The summed E-state index contributed by atoms with van der Waals surface area (Å²) < 4.78 is 4.88. The summed E-state index contributed by atoms with van der Waals surface area (Å²) in [7, 11) is 0. The maximum atomic E-state index is 11.8. The van der Waals surface area contributed by atoms with E-state index in [-0.39, 0.29) is 5.69 Å². The van der Waals surface area contributed by atoms with Crippen LogP contribution >= 0.6 is 0 Å². The first-order valence-corrected chi connectivity index (χ1v) is 8.34. The van der Waals surface area contributed by atoms with E-state index in [9.17, 15) is 19.7 Å². The molecule has 0 fully saturated rings. The first kappa shape index (κ1) is 19.8. The number of anilines is 1. The summed E-state index contributed by atoms with van der Waals surface area (Å²) >= 11 is 0. The van der Waals surface area contributed by atoms with Gasteiger partial charge in [0.15, 0.2) is 6.61 Å². The van der Waals surface area contributed by atoms with Crippen molar-refractivity contribution in [2.24, 2.45) is 0 Å². The van der Waals surface area contributed by atoms with Crippen LogP contribution in [0.5, 0.6) is 0 Å². The topological polar surface area (TPSA) is 98.5 Å². The van der Waals surface area contributed by atoms with E-state index >= 15 is 0 Å². The molecule has 0 aliphatic rings. The second-order valence-electron chi connectivity index (χ2n) is 6.11. The smallest absolute Gasteiger partial charge is 0.331 e. The number of nitrogens with one attached hydrogen (secondary N) is 1. The number of ether oxygens (including phenoxy) is 1. The van der Waals surface area contributed by atoms with Gasteiger partial charge in [0.05, 0.1) is 4.92 Å². The molecule has 0 heterocycles. The van der Waals surface area contributed by atoms with Crippen LogP contribution in [0.4, 0.5) is 11.4 Å². The van der Waals surface area contributed by atoms with Gasteiger partial charge in [0, 0.05) is 23.9 Å². The lowest BCUT2D eigenvalue weighted by Crippen LogP contribution is -2.20. The van der Waals surface area contributed by atoms with Crippen LogP contribution < -0.4 is 5.32 Å². The van der Waals surface area contributed by atoms with Crippen molar-refractivity contribution in [2.75, 3.05) is 11.9 Å². The van der Waals surface area contributed by atoms with Crippen molar-refractivity contribution in [3.8, 4) is 0 Å². The first-order chi connectivity index (χ1) is 12.8. The Balaban J connectivity index is 1.80. The number of nitro benzene ring substituents is 1. The molecule has 2 aromatic rings. The summed E-state index contributed by atoms with van der Waals surface area (Å²) in [4.78, 5) is 33.6. The quantitative estimate of drug-likeness (QED) is 0.346. The number of non-ortho nitro benzene ring substituents is 1. The number of carbonyl (C=O) groups excluding carboxylic acids is 2. The average Bonchev–Trinajstić information content (AvgIpc) is 2.65. The number of benzene rings is 2. The molecular formula is C20H20N2O5. The van der Waals surface area contributed by atoms with Gasteiger partial charge in [0.2, 0.25) is 0 Å². The molecule has 0 spiro atoms. The van der Waals surface area contributed by atoms with E-state index in [1.807, 2.05) is 12.1 Å². The Morgan fingerprint density at radius 2 is 1.74 bits per heavy atom. The lowest BCUT2D eigenvalue weighted by Gasteiger charge is -2.08. The Bertz CT molecular complexity index is 840. The summed E-state index contributed by atoms with van der Waals surface area (Å²) in [5.74, 6) is -0.721. The normalized spacial score (nSPS) is 10.8. The molecule has 1 amide bonds. The lowest BCUT2D eigenvalue weighted by atomic mass is 10.0. The Kier molecular flexibility index (Phi) is 6.82. The van der Waals surface area contributed by atoms with Crippen molar-refractivity contribution < 1.29 is 19.2 Å². The molecule has 1 N–H and O–H groups in total. The third-order valence-electron chi connectivity index (χ3n) is 3.72. The Morgan fingerprint density at radius 1 is 1.11 bits per heavy atom. The highest BCUT2D eigenvalue weighted by molar-refractivity contribution is 5.94. The van der Waals surface area contributed by atoms with Crippen LogP contribution in [0.2, 0.25) is 0 Å². The molecule has 2 rings (SSSR count). The predicted molar refractivity (Wildman–Crippen MR) is 102 cm³/mol. The van der Waals surface area contributed by atoms with Gasteiger partial charge < -0.3 is 10.1 Å². The van der Waals surface area contributed by atoms with Gasteiger partial charge in [-0.3, -0.25) is 14.9 Å². The van der Waals surface area contributed by atoms with E-state index in [2.05, 4.69) is 19.2 Å². The molecule has 0 unspecified atom stereocenters. The molecule has 0 aromatic heterocycles. The van der Waals surface area contributed by atoms with Crippen LogP contribution in [-0.4, -0.2) is 23.4 Å². The molecule has 0 saturated carbocycles. The van der Waals surface area contributed by atoms with Crippen molar-refractivity contribution in [3.63, 3.8) is 0 Å². The number of esters is 1. The molecule has 7 heteroatoms. The van der Waals surface area contributed by atoms with Crippen molar-refractivity contribution in [2.45, 2.75) is 19.8 Å². The maximum absolute atomic E-state index is 11.8. The highest BCUT2D eigenvalue weighted by Gasteiger charge is 2.07. The average molecular weight is 368 g/mol. The van der Waals surface area contributed by atoms with Crippen LogP contribution in [0.3, 0.4) is 0 Å². The molecule has 0 atom stereocenters. The lowest BCUT2D eigenvalue weighted by molar-refractivity contribution is -0.384. The zero-order valence-corrected chi connectivity index (χ0v) is 15.0. The van der Waals surface area contributed by atoms with Gasteiger partial charge in [-0.05, 0) is 47.4 Å². The van der Waals surface area contributed by atoms with Gasteiger partial charge >= 0.3 is 5.97 Å². The summed E-state index contributed by atoms with van der Waals surface area (Å²) in [6.45, 7) is 3.75. The van der Waals surface area contributed by atoms with Crippen LogP contribution in [0.15, 0.2) is 54.6 Å². The molecule has 0 bridgehead atoms. The van der Waals surface area contributed by atoms with Gasteiger partial charge in [-0.25, -0.2) is 4.79 Å². The van der Waals surface area contributed by atoms with E-state index in [1.165, 1.54) is 30.3 Å². The number of nitro groups is 1. The number of amides is 1. The van der Waals surface area contributed by atoms with Crippen LogP contribution in [0.1, 0.15) is 30.9 Å². The van der Waals surface area contributed by atoms with Crippen molar-refractivity contribution in [3.05, 3.63) is 75.8 Å². The largest absolute Gasteiger partial charge is 0.452 e. The fraction of sp³-hybridized carbons (Fsp3) is 0.200. The minimum atomic E-state index is -0.682. The minimum absolute atomic E-state index is 0.0344. The third kappa shape index (κ3) is 6.39. The number of rotatable bonds is 7. The van der Waals surface area contributed by atoms with Crippen LogP contribution in [0.25, 0.3) is 6.08 Å². The minimum Gasteiger partial charge on any atom is -0.452 e. The molecule has 0 aliphatic heterocycles. The fourth-order valence-electron chi connectivity index (χ4n) is 2.20. The Labute approximate surface area is 156 Å². The molecule has 7 nitrogen and oxygen atoms in total. The van der Waals surface area contributed by atoms with E-state index < -0.39 is 23.4 Å². The van der Waals surface area contributed by atoms with Crippen molar-refractivity contribution >= 4 is 29.3 Å². The highest BCUT2D eigenvalue weighted by atomic mass is 16.6. The zero-order chi connectivity index (χ0) is 19.8. The SMILES string of the molecule is CC(C)c1ccc(NC(=O)COC(=O)/C=C/c2ccc([N+](=O)[O-])cc2)cc1. The van der Waals surface area contributed by atoms with Gasteiger partial charge in [0.25, 0.3) is 11.6 Å². The molecule has 140 valence electrons. The zero-order valence-electron chi connectivity index (χ0n) is 15.0. The van der Waals surface area contributed by atoms with Gasteiger partial charge in [-0.1, -0.05) is 26.0 Å². The van der Waals surface area contributed by atoms with Crippen molar-refractivity contribution in [1.29, 1.82) is 0 Å². The summed E-state index contributed by atoms with van der Waals surface area (Å²) in [5.41, 5.74) is 2.36. The molecule has 0 aliphatic carbocycles. The summed E-state index contributed by atoms with van der Waals surface area (Å²) in [6, 6.07) is 13.1.